The molecular formula is C15H21FN2O2. The first kappa shape index (κ1) is 14.9. The number of halogens is 1. The van der Waals surface area contributed by atoms with Gasteiger partial charge in [-0.15, -0.1) is 0 Å². The number of hydrogen-bond acceptors (Lipinski definition) is 3. The molecule has 0 radical (unpaired) electrons. The van der Waals surface area contributed by atoms with Crippen molar-refractivity contribution in [3.05, 3.63) is 30.1 Å². The van der Waals surface area contributed by atoms with Gasteiger partial charge >= 0.3 is 0 Å². The quantitative estimate of drug-likeness (QED) is 0.898. The number of carbonyl (C=O) groups excluding carboxylic acids is 1. The maximum atomic E-state index is 13.4. The predicted molar refractivity (Wildman–Crippen MR) is 76.1 cm³/mol. The minimum absolute atomic E-state index is 0.173. The number of piperidine rings is 1. The summed E-state index contributed by atoms with van der Waals surface area (Å²) in [6.45, 7) is 2.80. The molecule has 5 heteroatoms. The second-order valence-electron chi connectivity index (χ2n) is 5.23. The molecule has 4 nitrogen and oxygen atoms in total. The Balaban J connectivity index is 1.84. The first-order valence-corrected chi connectivity index (χ1v) is 6.94. The van der Waals surface area contributed by atoms with Crippen LogP contribution in [0.2, 0.25) is 0 Å². The molecule has 1 aromatic rings. The number of ether oxygens (including phenoxy) is 1. The van der Waals surface area contributed by atoms with Crippen molar-refractivity contribution in [3.8, 4) is 0 Å². The van der Waals surface area contributed by atoms with Crippen molar-refractivity contribution in [3.63, 3.8) is 0 Å². The summed E-state index contributed by atoms with van der Waals surface area (Å²) < 4.78 is 18.6. The first-order chi connectivity index (χ1) is 9.69. The van der Waals surface area contributed by atoms with Crippen molar-refractivity contribution in [2.24, 2.45) is 5.92 Å². The van der Waals surface area contributed by atoms with Crippen molar-refractivity contribution >= 4 is 11.6 Å². The monoisotopic (exact) mass is 280 g/mol. The van der Waals surface area contributed by atoms with Crippen LogP contribution < -0.4 is 5.32 Å². The number of nitrogens with zero attached hydrogens (tertiary/aromatic N) is 1. The van der Waals surface area contributed by atoms with E-state index in [4.69, 9.17) is 4.74 Å². The molecule has 0 saturated carbocycles. The largest absolute Gasteiger partial charge is 0.384 e. The summed E-state index contributed by atoms with van der Waals surface area (Å²) in [5, 5.41) is 2.62. The highest BCUT2D eigenvalue weighted by atomic mass is 19.1. The van der Waals surface area contributed by atoms with Crippen LogP contribution in [0.5, 0.6) is 0 Å². The molecule has 20 heavy (non-hydrogen) atoms. The lowest BCUT2D eigenvalue weighted by molar-refractivity contribution is -0.117. The molecule has 0 unspecified atom stereocenters. The fourth-order valence-electron chi connectivity index (χ4n) is 2.62. The van der Waals surface area contributed by atoms with Gasteiger partial charge in [0.25, 0.3) is 0 Å². The average Bonchev–Trinajstić information content (AvgIpc) is 2.42. The Morgan fingerprint density at radius 1 is 1.50 bits per heavy atom. The third kappa shape index (κ3) is 4.28. The highest BCUT2D eigenvalue weighted by Crippen LogP contribution is 2.17. The van der Waals surface area contributed by atoms with Gasteiger partial charge in [0.15, 0.2) is 0 Å². The molecular weight excluding hydrogens is 259 g/mol. The van der Waals surface area contributed by atoms with Crippen molar-refractivity contribution < 1.29 is 13.9 Å². The molecule has 0 aromatic heterocycles. The highest BCUT2D eigenvalue weighted by molar-refractivity contribution is 5.92. The number of para-hydroxylation sites is 1. The third-order valence-electron chi connectivity index (χ3n) is 3.52. The molecule has 1 aliphatic heterocycles. The van der Waals surface area contributed by atoms with E-state index >= 15 is 0 Å². The fourth-order valence-corrected chi connectivity index (χ4v) is 2.62. The number of amides is 1. The number of benzene rings is 1. The summed E-state index contributed by atoms with van der Waals surface area (Å²) in [6, 6.07) is 6.21. The fraction of sp³-hybridized carbons (Fsp3) is 0.533. The van der Waals surface area contributed by atoms with E-state index in [1.54, 1.807) is 25.3 Å². The van der Waals surface area contributed by atoms with Crippen LogP contribution in [-0.2, 0) is 9.53 Å². The molecule has 1 N–H and O–H groups in total. The second kappa shape index (κ2) is 7.36. The Kier molecular flexibility index (Phi) is 5.49. The van der Waals surface area contributed by atoms with E-state index in [9.17, 15) is 9.18 Å². The smallest absolute Gasteiger partial charge is 0.238 e. The molecule has 0 spiro atoms. The number of hydrogen-bond donors (Lipinski definition) is 1. The van der Waals surface area contributed by atoms with Crippen molar-refractivity contribution in [2.75, 3.05) is 38.7 Å². The van der Waals surface area contributed by atoms with Gasteiger partial charge in [-0.1, -0.05) is 12.1 Å². The second-order valence-corrected chi connectivity index (χ2v) is 5.23. The van der Waals surface area contributed by atoms with Gasteiger partial charge in [-0.2, -0.15) is 0 Å². The van der Waals surface area contributed by atoms with E-state index in [0.717, 1.165) is 32.5 Å². The van der Waals surface area contributed by atoms with E-state index in [0.29, 0.717) is 12.5 Å². The average molecular weight is 280 g/mol. The van der Waals surface area contributed by atoms with Crippen LogP contribution in [0.1, 0.15) is 12.8 Å². The standard InChI is InChI=1S/C15H21FN2O2/c1-20-11-12-5-4-8-18(9-12)10-15(19)17-14-7-3-2-6-13(14)16/h2-3,6-7,12H,4-5,8-11H2,1H3,(H,17,19)/t12-/m0/s1. The van der Waals surface area contributed by atoms with Gasteiger partial charge in [0.05, 0.1) is 18.8 Å². The molecule has 0 bridgehead atoms. The van der Waals surface area contributed by atoms with Gasteiger partial charge in [0.2, 0.25) is 5.91 Å². The lowest BCUT2D eigenvalue weighted by atomic mass is 9.99. The molecule has 1 fully saturated rings. The Bertz CT molecular complexity index is 451. The lowest BCUT2D eigenvalue weighted by Gasteiger charge is -2.31. The highest BCUT2D eigenvalue weighted by Gasteiger charge is 2.21. The zero-order valence-electron chi connectivity index (χ0n) is 11.8. The van der Waals surface area contributed by atoms with Gasteiger partial charge < -0.3 is 10.1 Å². The molecule has 1 heterocycles. The maximum absolute atomic E-state index is 13.4. The Labute approximate surface area is 118 Å². The molecule has 110 valence electrons. The van der Waals surface area contributed by atoms with E-state index in [-0.39, 0.29) is 11.6 Å². The van der Waals surface area contributed by atoms with Gasteiger partial charge in [-0.05, 0) is 37.4 Å². The van der Waals surface area contributed by atoms with Gasteiger partial charge in [-0.25, -0.2) is 4.39 Å². The molecule has 0 aliphatic carbocycles. The number of likely N-dealkylation sites (tertiary alicyclic amines) is 1. The van der Waals surface area contributed by atoms with Crippen molar-refractivity contribution in [1.29, 1.82) is 0 Å². The minimum Gasteiger partial charge on any atom is -0.384 e. The number of nitrogens with one attached hydrogen (secondary N) is 1. The molecule has 1 saturated heterocycles. The van der Waals surface area contributed by atoms with E-state index in [1.165, 1.54) is 6.07 Å². The van der Waals surface area contributed by atoms with Crippen LogP contribution in [0.4, 0.5) is 10.1 Å². The van der Waals surface area contributed by atoms with E-state index in [2.05, 4.69) is 10.2 Å². The summed E-state index contributed by atoms with van der Waals surface area (Å²) in [6.07, 6.45) is 2.21. The van der Waals surface area contributed by atoms with Crippen molar-refractivity contribution in [2.45, 2.75) is 12.8 Å². The maximum Gasteiger partial charge on any atom is 0.238 e. The zero-order valence-corrected chi connectivity index (χ0v) is 11.8. The SMILES string of the molecule is COC[C@H]1CCCN(CC(=O)Nc2ccccc2F)C1. The summed E-state index contributed by atoms with van der Waals surface area (Å²) in [5.74, 6) is -0.0973. The van der Waals surface area contributed by atoms with E-state index in [1.807, 2.05) is 0 Å². The van der Waals surface area contributed by atoms with Crippen LogP contribution in [0, 0.1) is 11.7 Å². The first-order valence-electron chi connectivity index (χ1n) is 6.94. The summed E-state index contributed by atoms with van der Waals surface area (Å²) in [7, 11) is 1.70. The summed E-state index contributed by atoms with van der Waals surface area (Å²) in [5.41, 5.74) is 0.239. The Morgan fingerprint density at radius 3 is 3.05 bits per heavy atom. The Hall–Kier alpha value is -1.46. The number of anilines is 1. The molecule has 1 aliphatic rings. The third-order valence-corrected chi connectivity index (χ3v) is 3.52. The predicted octanol–water partition coefficient (Wildman–Crippen LogP) is 2.12. The van der Waals surface area contributed by atoms with Crippen molar-refractivity contribution in [1.82, 2.24) is 4.90 Å². The van der Waals surface area contributed by atoms with Crippen LogP contribution >= 0.6 is 0 Å². The summed E-state index contributed by atoms with van der Waals surface area (Å²) in [4.78, 5) is 14.0. The molecule has 1 amide bonds. The lowest BCUT2D eigenvalue weighted by Crippen LogP contribution is -2.41. The Morgan fingerprint density at radius 2 is 2.30 bits per heavy atom. The molecule has 2 rings (SSSR count). The van der Waals surface area contributed by atoms with Crippen LogP contribution in [0.25, 0.3) is 0 Å². The van der Waals surface area contributed by atoms with E-state index < -0.39 is 5.82 Å². The van der Waals surface area contributed by atoms with Crippen LogP contribution in [0.15, 0.2) is 24.3 Å². The van der Waals surface area contributed by atoms with Gasteiger partial charge in [0.1, 0.15) is 5.82 Å². The zero-order chi connectivity index (χ0) is 14.4. The number of methoxy groups -OCH3 is 1. The van der Waals surface area contributed by atoms with Gasteiger partial charge in [-0.3, -0.25) is 9.69 Å². The van der Waals surface area contributed by atoms with Gasteiger partial charge in [0, 0.05) is 13.7 Å². The topological polar surface area (TPSA) is 41.6 Å². The minimum atomic E-state index is -0.406. The van der Waals surface area contributed by atoms with Crippen LogP contribution in [0.3, 0.4) is 0 Å². The summed E-state index contributed by atoms with van der Waals surface area (Å²) >= 11 is 0. The van der Waals surface area contributed by atoms with Crippen LogP contribution in [-0.4, -0.2) is 44.2 Å². The molecule has 1 atom stereocenters. The molecule has 1 aromatic carbocycles. The number of rotatable bonds is 5. The normalized spacial score (nSPS) is 19.8. The number of carbonyl (C=O) groups is 1.